The van der Waals surface area contributed by atoms with Crippen LogP contribution in [0.15, 0.2) is 0 Å². The van der Waals surface area contributed by atoms with Crippen molar-refractivity contribution in [3.63, 3.8) is 0 Å². The fourth-order valence-corrected chi connectivity index (χ4v) is 1.79. The second kappa shape index (κ2) is 4.94. The van der Waals surface area contributed by atoms with Crippen molar-refractivity contribution < 1.29 is 4.74 Å². The van der Waals surface area contributed by atoms with Gasteiger partial charge >= 0.3 is 0 Å². The van der Waals surface area contributed by atoms with Crippen molar-refractivity contribution in [1.82, 2.24) is 10.2 Å². The van der Waals surface area contributed by atoms with E-state index in [2.05, 4.69) is 24.1 Å². The van der Waals surface area contributed by atoms with Gasteiger partial charge in [-0.25, -0.2) is 0 Å². The highest BCUT2D eigenvalue weighted by molar-refractivity contribution is 4.89. The van der Waals surface area contributed by atoms with E-state index in [9.17, 15) is 0 Å². The predicted molar refractivity (Wildman–Crippen MR) is 55.0 cm³/mol. The minimum atomic E-state index is 0.311. The zero-order valence-electron chi connectivity index (χ0n) is 9.10. The second-order valence-corrected chi connectivity index (χ2v) is 4.11. The molecule has 1 aliphatic rings. The molecule has 1 heterocycles. The number of ether oxygens (including phenoxy) is 1. The molecule has 78 valence electrons. The van der Waals surface area contributed by atoms with Crippen molar-refractivity contribution in [2.75, 3.05) is 39.9 Å². The summed E-state index contributed by atoms with van der Waals surface area (Å²) in [5, 5.41) is 3.57. The monoisotopic (exact) mass is 186 g/mol. The van der Waals surface area contributed by atoms with Crippen LogP contribution < -0.4 is 5.32 Å². The Morgan fingerprint density at radius 1 is 1.54 bits per heavy atom. The number of methoxy groups -OCH3 is 1. The van der Waals surface area contributed by atoms with Crippen LogP contribution in [0, 0.1) is 0 Å². The molecule has 1 atom stereocenters. The van der Waals surface area contributed by atoms with Crippen LogP contribution in [-0.4, -0.2) is 50.3 Å². The van der Waals surface area contributed by atoms with Gasteiger partial charge in [-0.05, 0) is 13.3 Å². The average molecular weight is 186 g/mol. The van der Waals surface area contributed by atoms with Crippen molar-refractivity contribution in [2.24, 2.45) is 0 Å². The molecule has 0 aromatic rings. The Balaban J connectivity index is 2.33. The number of hydrogen-bond donors (Lipinski definition) is 1. The molecule has 0 aliphatic carbocycles. The highest BCUT2D eigenvalue weighted by Crippen LogP contribution is 2.14. The Hall–Kier alpha value is -0.120. The highest BCUT2D eigenvalue weighted by Gasteiger charge is 2.27. The molecular weight excluding hydrogens is 164 g/mol. The molecule has 1 saturated heterocycles. The minimum absolute atomic E-state index is 0.311. The van der Waals surface area contributed by atoms with Gasteiger partial charge in [0, 0.05) is 38.8 Å². The largest absolute Gasteiger partial charge is 0.383 e. The maximum absolute atomic E-state index is 5.08. The van der Waals surface area contributed by atoms with E-state index in [-0.39, 0.29) is 0 Å². The van der Waals surface area contributed by atoms with Gasteiger partial charge < -0.3 is 10.1 Å². The molecule has 13 heavy (non-hydrogen) atoms. The Labute approximate surface area is 81.4 Å². The first-order chi connectivity index (χ1) is 6.20. The van der Waals surface area contributed by atoms with Gasteiger partial charge in [-0.2, -0.15) is 0 Å². The van der Waals surface area contributed by atoms with Crippen LogP contribution >= 0.6 is 0 Å². The van der Waals surface area contributed by atoms with Crippen LogP contribution in [-0.2, 0) is 4.74 Å². The van der Waals surface area contributed by atoms with Gasteiger partial charge in [0.2, 0.25) is 0 Å². The lowest BCUT2D eigenvalue weighted by Gasteiger charge is -2.41. The summed E-state index contributed by atoms with van der Waals surface area (Å²) in [5.41, 5.74) is 0.311. The summed E-state index contributed by atoms with van der Waals surface area (Å²) >= 11 is 0. The molecule has 1 unspecified atom stereocenters. The average Bonchev–Trinajstić information content (AvgIpc) is 2.15. The second-order valence-electron chi connectivity index (χ2n) is 4.11. The molecule has 3 heteroatoms. The molecular formula is C10H22N2O. The Morgan fingerprint density at radius 2 is 2.31 bits per heavy atom. The number of nitrogens with zero attached hydrogens (tertiary/aromatic N) is 1. The summed E-state index contributed by atoms with van der Waals surface area (Å²) in [6, 6.07) is 0. The van der Waals surface area contributed by atoms with Crippen LogP contribution in [0.25, 0.3) is 0 Å². The van der Waals surface area contributed by atoms with E-state index in [1.807, 2.05) is 0 Å². The van der Waals surface area contributed by atoms with Crippen LogP contribution in [0.3, 0.4) is 0 Å². The maximum atomic E-state index is 5.08. The van der Waals surface area contributed by atoms with Crippen LogP contribution in [0.2, 0.25) is 0 Å². The molecule has 3 nitrogen and oxygen atoms in total. The van der Waals surface area contributed by atoms with Crippen LogP contribution in [0.5, 0.6) is 0 Å². The molecule has 0 amide bonds. The predicted octanol–water partition coefficient (Wildman–Crippen LogP) is 0.707. The number of hydrogen-bond acceptors (Lipinski definition) is 3. The van der Waals surface area contributed by atoms with E-state index in [0.29, 0.717) is 5.54 Å². The fraction of sp³-hybridized carbons (Fsp3) is 1.00. The molecule has 0 radical (unpaired) electrons. The van der Waals surface area contributed by atoms with Gasteiger partial charge in [0.1, 0.15) is 0 Å². The van der Waals surface area contributed by atoms with Gasteiger partial charge in [0.15, 0.2) is 0 Å². The van der Waals surface area contributed by atoms with E-state index in [1.165, 1.54) is 6.42 Å². The van der Waals surface area contributed by atoms with E-state index < -0.39 is 0 Å². The molecule has 1 rings (SSSR count). The molecule has 0 aromatic carbocycles. The number of piperazine rings is 1. The first-order valence-corrected chi connectivity index (χ1v) is 5.16. The smallest absolute Gasteiger partial charge is 0.0589 e. The lowest BCUT2D eigenvalue weighted by atomic mass is 9.96. The van der Waals surface area contributed by atoms with Crippen molar-refractivity contribution in [3.05, 3.63) is 0 Å². The van der Waals surface area contributed by atoms with Crippen molar-refractivity contribution in [2.45, 2.75) is 25.8 Å². The summed E-state index contributed by atoms with van der Waals surface area (Å²) in [4.78, 5) is 2.48. The standard InChI is InChI=1S/C10H22N2O/c1-4-10(2)9-12(6-5-11-10)7-8-13-3/h11H,4-9H2,1-3H3. The third kappa shape index (κ3) is 3.25. The first-order valence-electron chi connectivity index (χ1n) is 5.16. The zero-order valence-corrected chi connectivity index (χ0v) is 9.10. The van der Waals surface area contributed by atoms with E-state index in [1.54, 1.807) is 7.11 Å². The SMILES string of the molecule is CCC1(C)CN(CCOC)CCN1. The third-order valence-electron chi connectivity index (χ3n) is 2.94. The Bertz CT molecular complexity index is 152. The van der Waals surface area contributed by atoms with Gasteiger partial charge in [0.05, 0.1) is 6.61 Å². The molecule has 1 aliphatic heterocycles. The quantitative estimate of drug-likeness (QED) is 0.699. The van der Waals surface area contributed by atoms with E-state index in [0.717, 1.165) is 32.8 Å². The number of nitrogens with one attached hydrogen (secondary N) is 1. The lowest BCUT2D eigenvalue weighted by Crippen LogP contribution is -2.58. The zero-order chi connectivity index (χ0) is 9.73. The Kier molecular flexibility index (Phi) is 4.16. The number of rotatable bonds is 4. The molecule has 0 saturated carbocycles. The summed E-state index contributed by atoms with van der Waals surface area (Å²) in [6.07, 6.45) is 1.19. The fourth-order valence-electron chi connectivity index (χ4n) is 1.79. The minimum Gasteiger partial charge on any atom is -0.383 e. The van der Waals surface area contributed by atoms with Crippen LogP contribution in [0.1, 0.15) is 20.3 Å². The van der Waals surface area contributed by atoms with Gasteiger partial charge in [-0.1, -0.05) is 6.92 Å². The van der Waals surface area contributed by atoms with Crippen molar-refractivity contribution >= 4 is 0 Å². The van der Waals surface area contributed by atoms with Gasteiger partial charge in [0.25, 0.3) is 0 Å². The molecule has 0 aromatic heterocycles. The first kappa shape index (κ1) is 11.0. The third-order valence-corrected chi connectivity index (χ3v) is 2.94. The van der Waals surface area contributed by atoms with Crippen molar-refractivity contribution in [3.8, 4) is 0 Å². The van der Waals surface area contributed by atoms with E-state index in [4.69, 9.17) is 4.74 Å². The molecule has 1 fully saturated rings. The summed E-state index contributed by atoms with van der Waals surface area (Å²) < 4.78 is 5.08. The van der Waals surface area contributed by atoms with Gasteiger partial charge in [-0.15, -0.1) is 0 Å². The summed E-state index contributed by atoms with van der Waals surface area (Å²) in [7, 11) is 1.77. The Morgan fingerprint density at radius 3 is 2.92 bits per heavy atom. The summed E-state index contributed by atoms with van der Waals surface area (Å²) in [5.74, 6) is 0. The van der Waals surface area contributed by atoms with Crippen molar-refractivity contribution in [1.29, 1.82) is 0 Å². The molecule has 1 N–H and O–H groups in total. The topological polar surface area (TPSA) is 24.5 Å². The lowest BCUT2D eigenvalue weighted by molar-refractivity contribution is 0.0983. The molecule has 0 bridgehead atoms. The highest BCUT2D eigenvalue weighted by atomic mass is 16.5. The normalized spacial score (nSPS) is 30.7. The van der Waals surface area contributed by atoms with Gasteiger partial charge in [-0.3, -0.25) is 4.90 Å². The maximum Gasteiger partial charge on any atom is 0.0589 e. The molecule has 0 spiro atoms. The summed E-state index contributed by atoms with van der Waals surface area (Å²) in [6.45, 7) is 9.85. The van der Waals surface area contributed by atoms with E-state index >= 15 is 0 Å². The van der Waals surface area contributed by atoms with Crippen LogP contribution in [0.4, 0.5) is 0 Å².